The SMILES string of the molecule is O=C(O)N(c1cccc(Sc2cccs2)c1)[N+](=O)[O-]. The number of anilines is 1. The van der Waals surface area contributed by atoms with Crippen LogP contribution in [-0.4, -0.2) is 16.2 Å². The summed E-state index contributed by atoms with van der Waals surface area (Å²) >= 11 is 2.97. The summed E-state index contributed by atoms with van der Waals surface area (Å²) in [6, 6.07) is 10.0. The van der Waals surface area contributed by atoms with Gasteiger partial charge in [-0.2, -0.15) is 0 Å². The largest absolute Gasteiger partial charge is 0.470 e. The molecule has 1 amide bonds. The molecule has 8 heteroatoms. The molecule has 0 aliphatic rings. The van der Waals surface area contributed by atoms with Crippen molar-refractivity contribution in [3.63, 3.8) is 0 Å². The van der Waals surface area contributed by atoms with Crippen LogP contribution in [-0.2, 0) is 0 Å². The van der Waals surface area contributed by atoms with E-state index in [-0.39, 0.29) is 10.7 Å². The van der Waals surface area contributed by atoms with Gasteiger partial charge in [0, 0.05) is 9.90 Å². The van der Waals surface area contributed by atoms with Crippen molar-refractivity contribution >= 4 is 34.9 Å². The van der Waals surface area contributed by atoms with Gasteiger partial charge in [-0.15, -0.1) is 11.3 Å². The van der Waals surface area contributed by atoms with Gasteiger partial charge in [0.2, 0.25) is 0 Å². The molecule has 1 aromatic heterocycles. The number of hydrogen-bond donors (Lipinski definition) is 1. The monoisotopic (exact) mass is 296 g/mol. The molecule has 0 fully saturated rings. The van der Waals surface area contributed by atoms with Gasteiger partial charge in [0.05, 0.1) is 4.21 Å². The Bertz CT molecular complexity index is 587. The van der Waals surface area contributed by atoms with Crippen LogP contribution in [0.15, 0.2) is 50.9 Å². The minimum Gasteiger partial charge on any atom is -0.461 e. The van der Waals surface area contributed by atoms with Crippen LogP contribution >= 0.6 is 23.1 Å². The summed E-state index contributed by atoms with van der Waals surface area (Å²) in [5.74, 6) is 0. The van der Waals surface area contributed by atoms with E-state index in [1.54, 1.807) is 23.5 Å². The Balaban J connectivity index is 2.28. The van der Waals surface area contributed by atoms with Crippen molar-refractivity contribution in [1.29, 1.82) is 0 Å². The first-order valence-electron chi connectivity index (χ1n) is 5.06. The summed E-state index contributed by atoms with van der Waals surface area (Å²) in [7, 11) is 0. The van der Waals surface area contributed by atoms with Crippen LogP contribution in [0.1, 0.15) is 0 Å². The van der Waals surface area contributed by atoms with Crippen LogP contribution in [0.5, 0.6) is 0 Å². The van der Waals surface area contributed by atoms with Crippen LogP contribution in [0.4, 0.5) is 10.5 Å². The molecule has 0 saturated heterocycles. The van der Waals surface area contributed by atoms with E-state index in [4.69, 9.17) is 5.11 Å². The molecule has 0 aliphatic carbocycles. The molecule has 0 unspecified atom stereocenters. The first-order chi connectivity index (χ1) is 9.08. The van der Waals surface area contributed by atoms with E-state index >= 15 is 0 Å². The minimum absolute atomic E-state index is 0.0130. The van der Waals surface area contributed by atoms with Crippen molar-refractivity contribution < 1.29 is 14.9 Å². The summed E-state index contributed by atoms with van der Waals surface area (Å²) in [5.41, 5.74) is 0.0130. The molecule has 1 heterocycles. The predicted molar refractivity (Wildman–Crippen MR) is 72.4 cm³/mol. The molecule has 2 rings (SSSR count). The lowest BCUT2D eigenvalue weighted by molar-refractivity contribution is -0.483. The molecule has 1 N–H and O–H groups in total. The van der Waals surface area contributed by atoms with Gasteiger partial charge in [-0.25, -0.2) is 14.9 Å². The standard InChI is InChI=1S/C11H8N2O4S2/c14-11(15)12(13(16)17)8-3-1-4-9(7-8)19-10-5-2-6-18-10/h1-7H,(H,14,15). The fourth-order valence-electron chi connectivity index (χ4n) is 1.39. The Morgan fingerprint density at radius 2 is 2.16 bits per heavy atom. The van der Waals surface area contributed by atoms with E-state index in [9.17, 15) is 14.9 Å². The van der Waals surface area contributed by atoms with Crippen molar-refractivity contribution in [2.75, 3.05) is 5.01 Å². The second kappa shape index (κ2) is 5.72. The molecule has 2 aromatic rings. The zero-order chi connectivity index (χ0) is 13.8. The van der Waals surface area contributed by atoms with Crippen molar-refractivity contribution in [3.05, 3.63) is 51.9 Å². The van der Waals surface area contributed by atoms with E-state index in [1.807, 2.05) is 17.5 Å². The minimum atomic E-state index is -1.62. The summed E-state index contributed by atoms with van der Waals surface area (Å²) < 4.78 is 1.03. The van der Waals surface area contributed by atoms with Crippen molar-refractivity contribution in [2.24, 2.45) is 0 Å². The molecule has 0 spiro atoms. The van der Waals surface area contributed by atoms with Gasteiger partial charge in [0.15, 0.2) is 5.03 Å². The summed E-state index contributed by atoms with van der Waals surface area (Å²) in [4.78, 5) is 22.3. The molecule has 0 bridgehead atoms. The third-order valence-electron chi connectivity index (χ3n) is 2.12. The van der Waals surface area contributed by atoms with Gasteiger partial charge in [-0.1, -0.05) is 23.9 Å². The third-order valence-corrected chi connectivity index (χ3v) is 4.15. The van der Waals surface area contributed by atoms with Crippen molar-refractivity contribution in [1.82, 2.24) is 0 Å². The maximum Gasteiger partial charge on any atom is 0.470 e. The van der Waals surface area contributed by atoms with Gasteiger partial charge < -0.3 is 5.11 Å². The Morgan fingerprint density at radius 1 is 1.37 bits per heavy atom. The van der Waals surface area contributed by atoms with E-state index < -0.39 is 11.1 Å². The highest BCUT2D eigenvalue weighted by atomic mass is 32.2. The third kappa shape index (κ3) is 3.24. The predicted octanol–water partition coefficient (Wildman–Crippen LogP) is 3.58. The maximum atomic E-state index is 10.8. The number of carboxylic acid groups (broad SMARTS) is 1. The first-order valence-corrected chi connectivity index (χ1v) is 6.76. The first kappa shape index (κ1) is 13.4. The molecule has 0 atom stereocenters. The average molecular weight is 296 g/mol. The van der Waals surface area contributed by atoms with E-state index in [0.29, 0.717) is 0 Å². The fraction of sp³-hybridized carbons (Fsp3) is 0. The highest BCUT2D eigenvalue weighted by molar-refractivity contribution is 8.01. The maximum absolute atomic E-state index is 10.8. The van der Waals surface area contributed by atoms with Crippen molar-refractivity contribution in [2.45, 2.75) is 9.10 Å². The number of thiophene rings is 1. The number of hydrazine groups is 1. The number of nitro groups is 1. The number of amides is 1. The second-order valence-electron chi connectivity index (χ2n) is 3.36. The molecule has 1 aromatic carbocycles. The number of carbonyl (C=O) groups is 1. The van der Waals surface area contributed by atoms with Gasteiger partial charge in [-0.05, 0) is 29.6 Å². The highest BCUT2D eigenvalue weighted by Crippen LogP contribution is 2.33. The van der Waals surface area contributed by atoms with E-state index in [1.165, 1.54) is 23.9 Å². The summed E-state index contributed by atoms with van der Waals surface area (Å²) in [6.07, 6.45) is -1.62. The lowest BCUT2D eigenvalue weighted by Crippen LogP contribution is -2.34. The molecule has 0 saturated carbocycles. The Labute approximate surface area is 116 Å². The fourth-order valence-corrected chi connectivity index (χ4v) is 3.19. The molecular weight excluding hydrogens is 288 g/mol. The van der Waals surface area contributed by atoms with Crippen LogP contribution in [0.2, 0.25) is 0 Å². The van der Waals surface area contributed by atoms with Crippen LogP contribution in [0.3, 0.4) is 0 Å². The molecular formula is C11H8N2O4S2. The molecule has 19 heavy (non-hydrogen) atoms. The summed E-state index contributed by atoms with van der Waals surface area (Å²) in [6.45, 7) is 0. The summed E-state index contributed by atoms with van der Waals surface area (Å²) in [5, 5.41) is 20.6. The molecule has 6 nitrogen and oxygen atoms in total. The average Bonchev–Trinajstić information content (AvgIpc) is 2.81. The van der Waals surface area contributed by atoms with E-state index in [0.717, 1.165) is 9.10 Å². The molecule has 0 radical (unpaired) electrons. The Morgan fingerprint density at radius 3 is 2.74 bits per heavy atom. The van der Waals surface area contributed by atoms with Crippen LogP contribution in [0.25, 0.3) is 0 Å². The van der Waals surface area contributed by atoms with Crippen LogP contribution in [0, 0.1) is 10.1 Å². The second-order valence-corrected chi connectivity index (χ2v) is 5.69. The van der Waals surface area contributed by atoms with Crippen LogP contribution < -0.4 is 5.01 Å². The number of rotatable bonds is 4. The number of hydrogen-bond acceptors (Lipinski definition) is 5. The van der Waals surface area contributed by atoms with Gasteiger partial charge in [0.1, 0.15) is 5.69 Å². The normalized spacial score (nSPS) is 10.1. The highest BCUT2D eigenvalue weighted by Gasteiger charge is 2.26. The molecule has 0 aliphatic heterocycles. The lowest BCUT2D eigenvalue weighted by atomic mass is 10.3. The van der Waals surface area contributed by atoms with Gasteiger partial charge in [-0.3, -0.25) is 0 Å². The number of benzene rings is 1. The Hall–Kier alpha value is -2.06. The topological polar surface area (TPSA) is 83.7 Å². The lowest BCUT2D eigenvalue weighted by Gasteiger charge is -2.09. The zero-order valence-electron chi connectivity index (χ0n) is 9.42. The van der Waals surface area contributed by atoms with E-state index in [2.05, 4.69) is 0 Å². The van der Waals surface area contributed by atoms with Gasteiger partial charge in [0.25, 0.3) is 0 Å². The van der Waals surface area contributed by atoms with Crippen molar-refractivity contribution in [3.8, 4) is 0 Å². The van der Waals surface area contributed by atoms with Gasteiger partial charge >= 0.3 is 6.09 Å². The quantitative estimate of drug-likeness (QED) is 0.688. The number of nitrogens with zero attached hydrogens (tertiary/aromatic N) is 2. The smallest absolute Gasteiger partial charge is 0.461 e. The zero-order valence-corrected chi connectivity index (χ0v) is 11.1. The molecule has 98 valence electrons. The Kier molecular flexibility index (Phi) is 4.03.